The molecule has 0 spiro atoms. The summed E-state index contributed by atoms with van der Waals surface area (Å²) in [6, 6.07) is 10.1. The van der Waals surface area contributed by atoms with Crippen molar-refractivity contribution in [1.82, 2.24) is 20.2 Å². The molecule has 21 heavy (non-hydrogen) atoms. The molecule has 1 aliphatic carbocycles. The maximum absolute atomic E-state index is 5.97. The van der Waals surface area contributed by atoms with Crippen molar-refractivity contribution < 1.29 is 0 Å². The van der Waals surface area contributed by atoms with Crippen molar-refractivity contribution >= 4 is 5.95 Å². The number of rotatable bonds is 5. The molecule has 3 N–H and O–H groups in total. The molecule has 1 atom stereocenters. The van der Waals surface area contributed by atoms with Crippen molar-refractivity contribution in [2.45, 2.75) is 38.1 Å². The maximum Gasteiger partial charge on any atom is 0.248 e. The van der Waals surface area contributed by atoms with Crippen LogP contribution in [0.5, 0.6) is 0 Å². The number of benzene rings is 1. The van der Waals surface area contributed by atoms with E-state index < -0.39 is 0 Å². The first-order chi connectivity index (χ1) is 10.4. The highest BCUT2D eigenvalue weighted by Gasteiger charge is 2.24. The maximum atomic E-state index is 5.97. The van der Waals surface area contributed by atoms with Crippen LogP contribution >= 0.6 is 0 Å². The Morgan fingerprint density at radius 3 is 2.67 bits per heavy atom. The Morgan fingerprint density at radius 1 is 1.19 bits per heavy atom. The summed E-state index contributed by atoms with van der Waals surface area (Å²) in [5, 5.41) is 15.4. The molecular weight excluding hydrogens is 264 g/mol. The monoisotopic (exact) mass is 286 g/mol. The van der Waals surface area contributed by atoms with E-state index in [9.17, 15) is 0 Å². The van der Waals surface area contributed by atoms with Crippen LogP contribution in [0.3, 0.4) is 0 Å². The predicted molar refractivity (Wildman–Crippen MR) is 82.2 cm³/mol. The molecule has 6 heteroatoms. The second-order valence-electron chi connectivity index (χ2n) is 5.63. The second kappa shape index (κ2) is 6.67. The molecule has 0 amide bonds. The zero-order chi connectivity index (χ0) is 14.5. The predicted octanol–water partition coefficient (Wildman–Crippen LogP) is 1.98. The van der Waals surface area contributed by atoms with E-state index in [4.69, 9.17) is 5.73 Å². The van der Waals surface area contributed by atoms with Gasteiger partial charge in [-0.2, -0.15) is 4.68 Å². The van der Waals surface area contributed by atoms with Gasteiger partial charge in [0.15, 0.2) is 0 Å². The minimum Gasteiger partial charge on any atom is -0.348 e. The van der Waals surface area contributed by atoms with Crippen molar-refractivity contribution in [3.8, 4) is 5.69 Å². The van der Waals surface area contributed by atoms with Gasteiger partial charge in [-0.3, -0.25) is 0 Å². The van der Waals surface area contributed by atoms with Crippen LogP contribution in [0.25, 0.3) is 5.69 Å². The Morgan fingerprint density at radius 2 is 1.95 bits per heavy atom. The van der Waals surface area contributed by atoms with Crippen molar-refractivity contribution in [2.75, 3.05) is 11.9 Å². The number of nitrogens with one attached hydrogen (secondary N) is 1. The lowest BCUT2D eigenvalue weighted by molar-refractivity contribution is 0.319. The SMILES string of the molecule is NCC(Nc1nnnn1-c1ccccc1)C1CCCCC1. The molecule has 1 unspecified atom stereocenters. The Kier molecular flexibility index (Phi) is 4.45. The fourth-order valence-electron chi connectivity index (χ4n) is 3.09. The van der Waals surface area contributed by atoms with E-state index in [0.717, 1.165) is 5.69 Å². The van der Waals surface area contributed by atoms with Crippen molar-refractivity contribution in [3.05, 3.63) is 30.3 Å². The van der Waals surface area contributed by atoms with Crippen LogP contribution in [0, 0.1) is 5.92 Å². The third kappa shape index (κ3) is 3.21. The summed E-state index contributed by atoms with van der Waals surface area (Å²) < 4.78 is 1.73. The third-order valence-electron chi connectivity index (χ3n) is 4.26. The molecule has 2 aromatic rings. The minimum absolute atomic E-state index is 0.235. The van der Waals surface area contributed by atoms with Gasteiger partial charge in [0.1, 0.15) is 0 Å². The lowest BCUT2D eigenvalue weighted by Crippen LogP contribution is -2.38. The zero-order valence-corrected chi connectivity index (χ0v) is 12.2. The lowest BCUT2D eigenvalue weighted by Gasteiger charge is -2.30. The van der Waals surface area contributed by atoms with Gasteiger partial charge in [0, 0.05) is 12.6 Å². The topological polar surface area (TPSA) is 81.7 Å². The highest BCUT2D eigenvalue weighted by Crippen LogP contribution is 2.27. The second-order valence-corrected chi connectivity index (χ2v) is 5.63. The van der Waals surface area contributed by atoms with E-state index in [1.807, 2.05) is 30.3 Å². The molecule has 1 fully saturated rings. The van der Waals surface area contributed by atoms with E-state index in [-0.39, 0.29) is 6.04 Å². The summed E-state index contributed by atoms with van der Waals surface area (Å²) >= 11 is 0. The molecule has 6 nitrogen and oxygen atoms in total. The lowest BCUT2D eigenvalue weighted by atomic mass is 9.84. The van der Waals surface area contributed by atoms with Crippen molar-refractivity contribution in [3.63, 3.8) is 0 Å². The molecule has 1 aromatic heterocycles. The number of nitrogens with two attached hydrogens (primary N) is 1. The molecular formula is C15H22N6. The van der Waals surface area contributed by atoms with Crippen LogP contribution in [0.1, 0.15) is 32.1 Å². The van der Waals surface area contributed by atoms with Gasteiger partial charge in [-0.1, -0.05) is 42.6 Å². The molecule has 3 rings (SSSR count). The Bertz CT molecular complexity index is 546. The van der Waals surface area contributed by atoms with Gasteiger partial charge >= 0.3 is 0 Å². The fraction of sp³-hybridized carbons (Fsp3) is 0.533. The molecule has 1 heterocycles. The quantitative estimate of drug-likeness (QED) is 0.878. The van der Waals surface area contributed by atoms with Gasteiger partial charge in [-0.05, 0) is 41.3 Å². The molecule has 0 radical (unpaired) electrons. The molecule has 0 aliphatic heterocycles. The van der Waals surface area contributed by atoms with E-state index in [2.05, 4.69) is 20.8 Å². The van der Waals surface area contributed by atoms with Crippen molar-refractivity contribution in [2.24, 2.45) is 11.7 Å². The van der Waals surface area contributed by atoms with Crippen LogP contribution in [0.15, 0.2) is 30.3 Å². The summed E-state index contributed by atoms with van der Waals surface area (Å²) in [6.07, 6.45) is 6.41. The molecule has 1 saturated carbocycles. The average molecular weight is 286 g/mol. The molecule has 112 valence electrons. The summed E-state index contributed by atoms with van der Waals surface area (Å²) in [7, 11) is 0. The Labute approximate surface area is 124 Å². The number of tetrazole rings is 1. The normalized spacial score (nSPS) is 17.6. The molecule has 0 bridgehead atoms. The zero-order valence-electron chi connectivity index (χ0n) is 12.2. The van der Waals surface area contributed by atoms with E-state index >= 15 is 0 Å². The van der Waals surface area contributed by atoms with Crippen molar-refractivity contribution in [1.29, 1.82) is 0 Å². The number of nitrogens with zero attached hydrogens (tertiary/aromatic N) is 4. The average Bonchev–Trinajstić information content (AvgIpc) is 3.02. The van der Waals surface area contributed by atoms with E-state index in [0.29, 0.717) is 18.4 Å². The molecule has 1 aliphatic rings. The van der Waals surface area contributed by atoms with Crippen LogP contribution in [-0.2, 0) is 0 Å². The minimum atomic E-state index is 0.235. The van der Waals surface area contributed by atoms with Crippen LogP contribution in [0.4, 0.5) is 5.95 Å². The summed E-state index contributed by atoms with van der Waals surface area (Å²) in [5.41, 5.74) is 6.92. The third-order valence-corrected chi connectivity index (χ3v) is 4.26. The summed E-state index contributed by atoms with van der Waals surface area (Å²) in [6.45, 7) is 0.603. The Hall–Kier alpha value is -1.95. The van der Waals surface area contributed by atoms with Gasteiger partial charge in [0.05, 0.1) is 5.69 Å². The standard InChI is InChI=1S/C15H22N6/c16-11-14(12-7-3-1-4-8-12)17-15-18-19-20-21(15)13-9-5-2-6-10-13/h2,5-6,9-10,12,14H,1,3-4,7-8,11,16H2,(H,17,18,20). The van der Waals surface area contributed by atoms with Gasteiger partial charge in [-0.15, -0.1) is 0 Å². The number of hydrogen-bond donors (Lipinski definition) is 2. The van der Waals surface area contributed by atoms with Crippen LogP contribution in [-0.4, -0.2) is 32.8 Å². The number of aromatic nitrogens is 4. The fourth-order valence-corrected chi connectivity index (χ4v) is 3.09. The van der Waals surface area contributed by atoms with Gasteiger partial charge in [0.2, 0.25) is 5.95 Å². The first kappa shape index (κ1) is 14.0. The van der Waals surface area contributed by atoms with Gasteiger partial charge in [-0.25, -0.2) is 0 Å². The highest BCUT2D eigenvalue weighted by molar-refractivity contribution is 5.39. The molecule has 1 aromatic carbocycles. The first-order valence-electron chi connectivity index (χ1n) is 7.69. The van der Waals surface area contributed by atoms with Crippen LogP contribution < -0.4 is 11.1 Å². The smallest absolute Gasteiger partial charge is 0.248 e. The number of anilines is 1. The van der Waals surface area contributed by atoms with Gasteiger partial charge < -0.3 is 11.1 Å². The van der Waals surface area contributed by atoms with E-state index in [1.165, 1.54) is 32.1 Å². The highest BCUT2D eigenvalue weighted by atomic mass is 15.6. The summed E-state index contributed by atoms with van der Waals surface area (Å²) in [4.78, 5) is 0. The largest absolute Gasteiger partial charge is 0.348 e. The van der Waals surface area contributed by atoms with Crippen LogP contribution in [0.2, 0.25) is 0 Å². The first-order valence-corrected chi connectivity index (χ1v) is 7.69. The summed E-state index contributed by atoms with van der Waals surface area (Å²) in [5.74, 6) is 1.28. The van der Waals surface area contributed by atoms with E-state index in [1.54, 1.807) is 4.68 Å². The van der Waals surface area contributed by atoms with Gasteiger partial charge in [0.25, 0.3) is 0 Å². The number of hydrogen-bond acceptors (Lipinski definition) is 5. The Balaban J connectivity index is 1.76. The number of para-hydroxylation sites is 1. The molecule has 0 saturated heterocycles.